The van der Waals surface area contributed by atoms with Crippen LogP contribution in [-0.2, 0) is 0 Å². The third-order valence-corrected chi connectivity index (χ3v) is 2.33. The highest BCUT2D eigenvalue weighted by Gasteiger charge is 1.78. The molecule has 0 bridgehead atoms. The second kappa shape index (κ2) is 9.54. The van der Waals surface area contributed by atoms with E-state index in [2.05, 4.69) is 53.4 Å². The van der Waals surface area contributed by atoms with Crippen LogP contribution in [0.1, 0.15) is 11.1 Å². The lowest BCUT2D eigenvalue weighted by atomic mass is 10.2. The summed E-state index contributed by atoms with van der Waals surface area (Å²) in [5.41, 5.74) is 2.07. The molecule has 0 spiro atoms. The van der Waals surface area contributed by atoms with Crippen molar-refractivity contribution >= 4 is 31.9 Å². The number of benzene rings is 2. The van der Waals surface area contributed by atoms with Gasteiger partial charge < -0.3 is 0 Å². The zero-order chi connectivity index (χ0) is 13.1. The molecular formula is C16H10Br2. The van der Waals surface area contributed by atoms with Crippen LogP contribution in [0.2, 0.25) is 0 Å². The largest absolute Gasteiger partial charge is 0.0622 e. The lowest BCUT2D eigenvalue weighted by Crippen LogP contribution is -1.67. The number of hydrogen-bond acceptors (Lipinski definition) is 0. The third-order valence-electron chi connectivity index (χ3n) is 1.93. The number of halogens is 2. The average molecular weight is 362 g/mol. The molecule has 0 saturated heterocycles. The Morgan fingerprint density at radius 3 is 1.17 bits per heavy atom. The Hall–Kier alpha value is -1.48. The Morgan fingerprint density at radius 1 is 0.556 bits per heavy atom. The molecule has 0 unspecified atom stereocenters. The van der Waals surface area contributed by atoms with Gasteiger partial charge in [-0.25, -0.2) is 0 Å². The summed E-state index contributed by atoms with van der Waals surface area (Å²) in [4.78, 5) is 5.29. The van der Waals surface area contributed by atoms with E-state index in [1.165, 1.54) is 0 Å². The Bertz CT molecular complexity index is 511. The first kappa shape index (κ1) is 14.6. The Kier molecular flexibility index (Phi) is 7.73. The molecule has 0 fully saturated rings. The Morgan fingerprint density at radius 2 is 0.889 bits per heavy atom. The van der Waals surface area contributed by atoms with Gasteiger partial charge in [-0.3, -0.25) is 0 Å². The molecule has 0 heterocycles. The summed E-state index contributed by atoms with van der Waals surface area (Å²) in [7, 11) is 0. The molecule has 0 amide bonds. The van der Waals surface area contributed by atoms with Crippen molar-refractivity contribution in [2.45, 2.75) is 0 Å². The van der Waals surface area contributed by atoms with Crippen LogP contribution < -0.4 is 0 Å². The number of hydrogen-bond donors (Lipinski definition) is 0. The van der Waals surface area contributed by atoms with Gasteiger partial charge in [0.25, 0.3) is 0 Å². The summed E-state index contributed by atoms with van der Waals surface area (Å²) in [6.45, 7) is 0. The van der Waals surface area contributed by atoms with Gasteiger partial charge >= 0.3 is 0 Å². The van der Waals surface area contributed by atoms with Crippen molar-refractivity contribution in [3.05, 3.63) is 71.8 Å². The second-order valence-corrected chi connectivity index (χ2v) is 3.96. The summed E-state index contributed by atoms with van der Waals surface area (Å²) < 4.78 is 0. The van der Waals surface area contributed by atoms with Gasteiger partial charge in [0.15, 0.2) is 0 Å². The van der Waals surface area contributed by atoms with E-state index < -0.39 is 0 Å². The predicted molar refractivity (Wildman–Crippen MR) is 84.5 cm³/mol. The Balaban J connectivity index is 0.000000180. The van der Waals surface area contributed by atoms with Crippen LogP contribution in [0.4, 0.5) is 0 Å². The van der Waals surface area contributed by atoms with E-state index in [-0.39, 0.29) is 0 Å². The quantitative estimate of drug-likeness (QED) is 0.592. The van der Waals surface area contributed by atoms with Gasteiger partial charge in [-0.2, -0.15) is 0 Å². The monoisotopic (exact) mass is 360 g/mol. The molecule has 2 aromatic rings. The molecule has 0 N–H and O–H groups in total. The van der Waals surface area contributed by atoms with Gasteiger partial charge in [0.05, 0.1) is 0 Å². The summed E-state index contributed by atoms with van der Waals surface area (Å²) in [6, 6.07) is 19.7. The molecule has 0 aliphatic carbocycles. The highest BCUT2D eigenvalue weighted by Crippen LogP contribution is 1.95. The van der Waals surface area contributed by atoms with Crippen molar-refractivity contribution in [1.29, 1.82) is 0 Å². The molecule has 2 aromatic carbocycles. The minimum Gasteiger partial charge on any atom is -0.0622 e. The lowest BCUT2D eigenvalue weighted by molar-refractivity contribution is 1.65. The van der Waals surface area contributed by atoms with Crippen LogP contribution in [0, 0.1) is 21.5 Å². The molecule has 88 valence electrons. The molecule has 0 saturated carbocycles. The van der Waals surface area contributed by atoms with Crippen molar-refractivity contribution in [3.8, 4) is 21.5 Å². The van der Waals surface area contributed by atoms with Crippen LogP contribution in [-0.4, -0.2) is 0 Å². The van der Waals surface area contributed by atoms with Crippen LogP contribution in [0.25, 0.3) is 0 Å². The zero-order valence-electron chi connectivity index (χ0n) is 9.53. The van der Waals surface area contributed by atoms with Crippen LogP contribution in [0.15, 0.2) is 60.7 Å². The minimum absolute atomic E-state index is 1.04. The molecule has 0 aliphatic heterocycles. The molecule has 0 nitrogen and oxygen atoms in total. The molecule has 0 radical (unpaired) electrons. The molecule has 0 aliphatic rings. The van der Waals surface area contributed by atoms with Crippen molar-refractivity contribution < 1.29 is 0 Å². The minimum atomic E-state index is 1.04. The molecule has 0 atom stereocenters. The zero-order valence-corrected chi connectivity index (χ0v) is 12.7. The van der Waals surface area contributed by atoms with E-state index in [1.807, 2.05) is 60.7 Å². The van der Waals surface area contributed by atoms with Gasteiger partial charge in [0.1, 0.15) is 0 Å². The first-order valence-corrected chi connectivity index (χ1v) is 6.79. The predicted octanol–water partition coefficient (Wildman–Crippen LogP) is 4.78. The maximum atomic E-state index is 3.02. The SMILES string of the molecule is BrC#Cc1ccccc1.BrC#Cc1ccccc1. The van der Waals surface area contributed by atoms with Gasteiger partial charge in [-0.15, -0.1) is 0 Å². The molecule has 2 rings (SSSR count). The first-order chi connectivity index (χ1) is 8.86. The van der Waals surface area contributed by atoms with Crippen LogP contribution in [0.3, 0.4) is 0 Å². The molecule has 2 heteroatoms. The summed E-state index contributed by atoms with van der Waals surface area (Å²) in [6.07, 6.45) is 0. The third kappa shape index (κ3) is 6.30. The van der Waals surface area contributed by atoms with Gasteiger partial charge in [-0.1, -0.05) is 48.2 Å². The second-order valence-electron chi connectivity index (χ2n) is 3.17. The number of rotatable bonds is 0. The van der Waals surface area contributed by atoms with Gasteiger partial charge in [0, 0.05) is 43.0 Å². The van der Waals surface area contributed by atoms with Crippen molar-refractivity contribution in [2.75, 3.05) is 0 Å². The van der Waals surface area contributed by atoms with E-state index in [0.717, 1.165) is 11.1 Å². The van der Waals surface area contributed by atoms with Crippen molar-refractivity contribution in [2.24, 2.45) is 0 Å². The fraction of sp³-hybridized carbons (Fsp3) is 0. The maximum absolute atomic E-state index is 3.02. The van der Waals surface area contributed by atoms with E-state index in [9.17, 15) is 0 Å². The average Bonchev–Trinajstić information content (AvgIpc) is 2.43. The van der Waals surface area contributed by atoms with Crippen LogP contribution >= 0.6 is 31.9 Å². The van der Waals surface area contributed by atoms with Gasteiger partial charge in [0.2, 0.25) is 0 Å². The molecule has 0 aromatic heterocycles. The van der Waals surface area contributed by atoms with Crippen molar-refractivity contribution in [3.63, 3.8) is 0 Å². The van der Waals surface area contributed by atoms with E-state index in [0.29, 0.717) is 0 Å². The molecular weight excluding hydrogens is 352 g/mol. The van der Waals surface area contributed by atoms with E-state index in [4.69, 9.17) is 0 Å². The standard InChI is InChI=1S/2C8H5Br/c2*9-7-6-8-4-2-1-3-5-8/h2*1-5H. The molecule has 18 heavy (non-hydrogen) atoms. The Labute approximate surface area is 125 Å². The highest BCUT2D eigenvalue weighted by atomic mass is 79.9. The van der Waals surface area contributed by atoms with Crippen LogP contribution in [0.5, 0.6) is 0 Å². The van der Waals surface area contributed by atoms with E-state index in [1.54, 1.807) is 0 Å². The summed E-state index contributed by atoms with van der Waals surface area (Å²) >= 11 is 6.05. The normalized spacial score (nSPS) is 7.67. The summed E-state index contributed by atoms with van der Waals surface area (Å²) in [5, 5.41) is 0. The van der Waals surface area contributed by atoms with Gasteiger partial charge in [-0.05, 0) is 33.9 Å². The van der Waals surface area contributed by atoms with E-state index >= 15 is 0 Å². The fourth-order valence-corrected chi connectivity index (χ4v) is 1.61. The smallest absolute Gasteiger partial charge is 0.0254 e. The van der Waals surface area contributed by atoms with Crippen molar-refractivity contribution in [1.82, 2.24) is 0 Å². The topological polar surface area (TPSA) is 0 Å². The fourth-order valence-electron chi connectivity index (χ4n) is 1.15. The first-order valence-electron chi connectivity index (χ1n) is 5.20. The lowest BCUT2D eigenvalue weighted by Gasteiger charge is -1.83. The highest BCUT2D eigenvalue weighted by molar-refractivity contribution is 9.12. The maximum Gasteiger partial charge on any atom is 0.0254 e. The summed E-state index contributed by atoms with van der Waals surface area (Å²) in [5.74, 6) is 5.75.